The van der Waals surface area contributed by atoms with E-state index in [1.165, 1.54) is 11.3 Å². The van der Waals surface area contributed by atoms with Crippen LogP contribution in [0.1, 0.15) is 40.1 Å². The number of anilines is 2. The number of amides is 2. The average Bonchev–Trinajstić information content (AvgIpc) is 3.30. The molecule has 8 heteroatoms. The van der Waals surface area contributed by atoms with Crippen LogP contribution in [0.5, 0.6) is 0 Å². The molecular formula is C22H21ClN2O4S. The number of hydrogen-bond acceptors (Lipinski definition) is 4. The number of rotatable bonds is 5. The third-order valence-corrected chi connectivity index (χ3v) is 7.03. The van der Waals surface area contributed by atoms with Gasteiger partial charge >= 0.3 is 5.97 Å². The van der Waals surface area contributed by atoms with Gasteiger partial charge in [0, 0.05) is 15.6 Å². The Morgan fingerprint density at radius 1 is 1.00 bits per heavy atom. The number of carboxylic acid groups (broad SMARTS) is 1. The summed E-state index contributed by atoms with van der Waals surface area (Å²) in [7, 11) is 0. The second-order valence-corrected chi connectivity index (χ2v) is 9.05. The van der Waals surface area contributed by atoms with Crippen molar-refractivity contribution in [1.82, 2.24) is 0 Å². The molecule has 3 N–H and O–H groups in total. The molecule has 0 bridgehead atoms. The predicted molar refractivity (Wildman–Crippen MR) is 117 cm³/mol. The van der Waals surface area contributed by atoms with Crippen molar-refractivity contribution in [3.05, 3.63) is 57.4 Å². The lowest BCUT2D eigenvalue weighted by Crippen LogP contribution is -2.35. The number of carboxylic acids is 1. The Labute approximate surface area is 182 Å². The molecule has 2 aromatic rings. The monoisotopic (exact) mass is 444 g/mol. The first-order chi connectivity index (χ1) is 14.4. The van der Waals surface area contributed by atoms with E-state index in [1.807, 2.05) is 6.08 Å². The maximum absolute atomic E-state index is 13.1. The fraction of sp³-hybridized carbons (Fsp3) is 0.318. The molecule has 2 atom stereocenters. The normalized spacial score (nSPS) is 19.9. The van der Waals surface area contributed by atoms with Gasteiger partial charge in [0.2, 0.25) is 5.91 Å². The van der Waals surface area contributed by atoms with E-state index < -0.39 is 17.8 Å². The van der Waals surface area contributed by atoms with Crippen molar-refractivity contribution in [1.29, 1.82) is 0 Å². The van der Waals surface area contributed by atoms with E-state index >= 15 is 0 Å². The van der Waals surface area contributed by atoms with Crippen LogP contribution in [-0.4, -0.2) is 22.9 Å². The molecule has 0 unspecified atom stereocenters. The molecule has 0 radical (unpaired) electrons. The molecule has 2 aliphatic rings. The zero-order valence-electron chi connectivity index (χ0n) is 16.1. The number of fused-ring (bicyclic) bond motifs is 1. The standard InChI is InChI=1S/C22H21ClN2O4S/c23-12-8-10-13(11-9-12)24-20(27)18-16-6-3-7-17(16)30-21(18)25-19(26)14-4-1-2-5-15(14)22(28)29/h1-2,8-11,14-15H,3-7H2,(H,24,27)(H,25,26)(H,28,29)/t14-,15-/m1/s1. The van der Waals surface area contributed by atoms with Crippen molar-refractivity contribution >= 4 is 51.4 Å². The largest absolute Gasteiger partial charge is 0.481 e. The van der Waals surface area contributed by atoms with E-state index in [2.05, 4.69) is 10.6 Å². The molecule has 30 heavy (non-hydrogen) atoms. The highest BCUT2D eigenvalue weighted by Crippen LogP contribution is 2.40. The minimum Gasteiger partial charge on any atom is -0.481 e. The maximum Gasteiger partial charge on any atom is 0.307 e. The summed E-state index contributed by atoms with van der Waals surface area (Å²) in [5.41, 5.74) is 2.07. The fourth-order valence-electron chi connectivity index (χ4n) is 4.04. The Morgan fingerprint density at radius 2 is 1.70 bits per heavy atom. The lowest BCUT2D eigenvalue weighted by atomic mass is 9.82. The summed E-state index contributed by atoms with van der Waals surface area (Å²) >= 11 is 7.32. The highest BCUT2D eigenvalue weighted by Gasteiger charge is 2.35. The molecule has 1 aromatic carbocycles. The van der Waals surface area contributed by atoms with Crippen molar-refractivity contribution in [2.45, 2.75) is 32.1 Å². The molecule has 2 amide bonds. The average molecular weight is 445 g/mol. The molecule has 6 nitrogen and oxygen atoms in total. The molecule has 0 saturated heterocycles. The summed E-state index contributed by atoms with van der Waals surface area (Å²) in [6.45, 7) is 0. The summed E-state index contributed by atoms with van der Waals surface area (Å²) in [4.78, 5) is 38.7. The molecule has 4 rings (SSSR count). The zero-order valence-corrected chi connectivity index (χ0v) is 17.7. The predicted octanol–water partition coefficient (Wildman–Crippen LogP) is 4.75. The minimum atomic E-state index is -0.978. The smallest absolute Gasteiger partial charge is 0.307 e. The van der Waals surface area contributed by atoms with Crippen LogP contribution in [-0.2, 0) is 22.4 Å². The van der Waals surface area contributed by atoms with Gasteiger partial charge in [-0.2, -0.15) is 0 Å². The van der Waals surface area contributed by atoms with Crippen LogP contribution in [0.25, 0.3) is 0 Å². The van der Waals surface area contributed by atoms with Crippen LogP contribution < -0.4 is 10.6 Å². The molecule has 0 spiro atoms. The number of aryl methyl sites for hydroxylation is 1. The van der Waals surface area contributed by atoms with E-state index in [9.17, 15) is 19.5 Å². The van der Waals surface area contributed by atoms with Crippen LogP contribution in [0.2, 0.25) is 5.02 Å². The summed E-state index contributed by atoms with van der Waals surface area (Å²) < 4.78 is 0. The van der Waals surface area contributed by atoms with Gasteiger partial charge in [-0.25, -0.2) is 0 Å². The zero-order chi connectivity index (χ0) is 21.3. The third-order valence-electron chi connectivity index (χ3n) is 5.57. The third kappa shape index (κ3) is 4.13. The van der Waals surface area contributed by atoms with E-state index in [0.29, 0.717) is 34.1 Å². The number of nitrogens with one attached hydrogen (secondary N) is 2. The van der Waals surface area contributed by atoms with Gasteiger partial charge in [0.15, 0.2) is 0 Å². The lowest BCUT2D eigenvalue weighted by Gasteiger charge is -2.24. The maximum atomic E-state index is 13.1. The molecule has 2 aliphatic carbocycles. The molecule has 0 fully saturated rings. The molecule has 1 heterocycles. The van der Waals surface area contributed by atoms with Crippen molar-refractivity contribution in [3.63, 3.8) is 0 Å². The summed E-state index contributed by atoms with van der Waals surface area (Å²) in [6.07, 6.45) is 6.99. The van der Waals surface area contributed by atoms with Crippen molar-refractivity contribution < 1.29 is 19.5 Å². The number of allylic oxidation sites excluding steroid dienone is 2. The molecular weight excluding hydrogens is 424 g/mol. The van der Waals surface area contributed by atoms with Crippen LogP contribution in [0.3, 0.4) is 0 Å². The van der Waals surface area contributed by atoms with Gasteiger partial charge in [-0.15, -0.1) is 11.3 Å². The Kier molecular flexibility index (Phi) is 5.92. The molecule has 0 aliphatic heterocycles. The minimum absolute atomic E-state index is 0.287. The Bertz CT molecular complexity index is 1030. The van der Waals surface area contributed by atoms with E-state index in [1.54, 1.807) is 30.3 Å². The van der Waals surface area contributed by atoms with Gasteiger partial charge in [-0.3, -0.25) is 14.4 Å². The van der Waals surface area contributed by atoms with Gasteiger partial charge in [-0.1, -0.05) is 23.8 Å². The number of carbonyl (C=O) groups is 3. The summed E-state index contributed by atoms with van der Waals surface area (Å²) in [6, 6.07) is 6.83. The molecule has 1 aromatic heterocycles. The first-order valence-electron chi connectivity index (χ1n) is 9.84. The van der Waals surface area contributed by atoms with E-state index in [4.69, 9.17) is 11.6 Å². The molecule has 0 saturated carbocycles. The number of hydrogen-bond donors (Lipinski definition) is 3. The number of aliphatic carboxylic acids is 1. The second-order valence-electron chi connectivity index (χ2n) is 7.51. The van der Waals surface area contributed by atoms with E-state index in [0.717, 1.165) is 29.7 Å². The van der Waals surface area contributed by atoms with Crippen LogP contribution in [0.4, 0.5) is 10.7 Å². The van der Waals surface area contributed by atoms with Crippen LogP contribution >= 0.6 is 22.9 Å². The van der Waals surface area contributed by atoms with Gasteiger partial charge in [-0.05, 0) is 61.9 Å². The number of thiophene rings is 1. The topological polar surface area (TPSA) is 95.5 Å². The molecule has 156 valence electrons. The van der Waals surface area contributed by atoms with E-state index in [-0.39, 0.29) is 11.8 Å². The highest BCUT2D eigenvalue weighted by atomic mass is 35.5. The van der Waals surface area contributed by atoms with Crippen molar-refractivity contribution in [2.75, 3.05) is 10.6 Å². The second kappa shape index (κ2) is 8.62. The van der Waals surface area contributed by atoms with Crippen molar-refractivity contribution in [3.8, 4) is 0 Å². The summed E-state index contributed by atoms with van der Waals surface area (Å²) in [5, 5.41) is 16.3. The number of carbonyl (C=O) groups excluding carboxylic acids is 2. The Balaban J connectivity index is 1.59. The van der Waals surface area contributed by atoms with Crippen molar-refractivity contribution in [2.24, 2.45) is 11.8 Å². The van der Waals surface area contributed by atoms with Gasteiger partial charge in [0.1, 0.15) is 5.00 Å². The van der Waals surface area contributed by atoms with Crippen LogP contribution in [0, 0.1) is 11.8 Å². The number of halogens is 1. The number of benzene rings is 1. The Hall–Kier alpha value is -2.64. The highest BCUT2D eigenvalue weighted by molar-refractivity contribution is 7.17. The summed E-state index contributed by atoms with van der Waals surface area (Å²) in [5.74, 6) is -3.03. The quantitative estimate of drug-likeness (QED) is 0.580. The van der Waals surface area contributed by atoms with Gasteiger partial charge < -0.3 is 15.7 Å². The lowest BCUT2D eigenvalue weighted by molar-refractivity contribution is -0.146. The van der Waals surface area contributed by atoms with Gasteiger partial charge in [0.05, 0.1) is 17.4 Å². The van der Waals surface area contributed by atoms with Crippen LogP contribution in [0.15, 0.2) is 36.4 Å². The first-order valence-corrected chi connectivity index (χ1v) is 11.0. The first kappa shape index (κ1) is 20.6. The fourth-order valence-corrected chi connectivity index (χ4v) is 5.46. The van der Waals surface area contributed by atoms with Gasteiger partial charge in [0.25, 0.3) is 5.91 Å². The Morgan fingerprint density at radius 3 is 2.40 bits per heavy atom. The SMILES string of the molecule is O=C(Nc1ccc(Cl)cc1)c1c(NC(=O)[C@@H]2CC=CC[C@H]2C(=O)O)sc2c1CCC2.